The maximum atomic E-state index is 12.6. The molecule has 27 heavy (non-hydrogen) atoms. The number of carbonyl (C=O) groups is 2. The van der Waals surface area contributed by atoms with E-state index >= 15 is 0 Å². The van der Waals surface area contributed by atoms with Crippen LogP contribution in [-0.2, 0) is 20.7 Å². The number of thiazole rings is 1. The smallest absolute Gasteiger partial charge is 0.358 e. The van der Waals surface area contributed by atoms with Crippen LogP contribution < -0.4 is 5.00 Å². The number of fused-ring (bicyclic) bond motifs is 1. The fourth-order valence-electron chi connectivity index (χ4n) is 3.88. The topological polar surface area (TPSA) is 95.0 Å². The number of β-lactam (4-membered cyclic amide) rings is 1. The van der Waals surface area contributed by atoms with Crippen LogP contribution in [0.15, 0.2) is 22.8 Å². The molecule has 8 nitrogen and oxygen atoms in total. The third-order valence-electron chi connectivity index (χ3n) is 5.04. The highest BCUT2D eigenvalue weighted by molar-refractivity contribution is 7.32. The Morgan fingerprint density at radius 3 is 2.93 bits per heavy atom. The SMILES string of the molecule is [B]NPOC(=O)C1=C(CN(C)Cc2nccs2)[C@H](C)[C@@H]2[C@@H]([C@@H](C)O)C(=O)N12. The molecule has 3 heterocycles. The zero-order valence-electron chi connectivity index (χ0n) is 15.4. The molecule has 3 rings (SSSR count). The standard InChI is InChI=1S/C16H22BN4O4PS/c1-8-10(6-20(3)7-11-18-4-5-27-11)14(16(24)25-26-19-17)21-13(8)12(9(2)22)15(21)23/h4-5,8-9,12-13,19,22,26H,6-7H2,1-3H3/t8-,9+,12+,13+/m0/s1. The number of nitrogens with zero attached hydrogens (tertiary/aromatic N) is 3. The van der Waals surface area contributed by atoms with E-state index in [9.17, 15) is 14.7 Å². The Labute approximate surface area is 165 Å². The van der Waals surface area contributed by atoms with E-state index in [0.717, 1.165) is 10.6 Å². The average molecular weight is 408 g/mol. The summed E-state index contributed by atoms with van der Waals surface area (Å²) < 4.78 is 5.15. The molecule has 1 unspecified atom stereocenters. The van der Waals surface area contributed by atoms with E-state index in [-0.39, 0.29) is 23.6 Å². The van der Waals surface area contributed by atoms with Gasteiger partial charge >= 0.3 is 5.97 Å². The first kappa shape index (κ1) is 20.4. The number of rotatable bonds is 8. The summed E-state index contributed by atoms with van der Waals surface area (Å²) in [6, 6.07) is -0.225. The lowest BCUT2D eigenvalue weighted by molar-refractivity contribution is -0.162. The number of carbonyl (C=O) groups excluding carboxylic acids is 2. The first-order valence-electron chi connectivity index (χ1n) is 8.59. The van der Waals surface area contributed by atoms with Crippen LogP contribution in [0.25, 0.3) is 0 Å². The minimum atomic E-state index is -0.765. The monoisotopic (exact) mass is 408 g/mol. The van der Waals surface area contributed by atoms with E-state index in [0.29, 0.717) is 13.1 Å². The third kappa shape index (κ3) is 3.82. The average Bonchev–Trinajstić information content (AvgIpc) is 3.19. The Kier molecular flexibility index (Phi) is 6.33. The molecule has 1 aromatic heterocycles. The Morgan fingerprint density at radius 1 is 1.59 bits per heavy atom. The van der Waals surface area contributed by atoms with Gasteiger partial charge in [-0.1, -0.05) is 6.92 Å². The van der Waals surface area contributed by atoms with Crippen molar-refractivity contribution in [3.63, 3.8) is 0 Å². The molecule has 144 valence electrons. The van der Waals surface area contributed by atoms with Gasteiger partial charge in [0.05, 0.1) is 24.6 Å². The van der Waals surface area contributed by atoms with Crippen molar-refractivity contribution < 1.29 is 19.2 Å². The van der Waals surface area contributed by atoms with E-state index in [1.165, 1.54) is 4.90 Å². The Morgan fingerprint density at radius 2 is 2.33 bits per heavy atom. The minimum absolute atomic E-state index is 0.0576. The second-order valence-electron chi connectivity index (χ2n) is 6.86. The number of aliphatic hydroxyl groups is 1. The van der Waals surface area contributed by atoms with Crippen molar-refractivity contribution in [3.05, 3.63) is 27.9 Å². The van der Waals surface area contributed by atoms with E-state index in [4.69, 9.17) is 12.5 Å². The summed E-state index contributed by atoms with van der Waals surface area (Å²) in [6.07, 6.45) is 0.991. The van der Waals surface area contributed by atoms with Gasteiger partial charge in [0.15, 0.2) is 7.98 Å². The van der Waals surface area contributed by atoms with Crippen LogP contribution in [0.2, 0.25) is 0 Å². The molecule has 11 heteroatoms. The summed E-state index contributed by atoms with van der Waals surface area (Å²) in [4.78, 5) is 35.3. The molecule has 0 saturated carbocycles. The van der Waals surface area contributed by atoms with Crippen molar-refractivity contribution in [2.24, 2.45) is 11.8 Å². The molecule has 2 aliphatic heterocycles. The molecule has 0 aromatic carbocycles. The number of likely N-dealkylation sites (N-methyl/N-ethyl adjacent to an activating group) is 1. The number of aliphatic hydroxyl groups excluding tert-OH is 1. The molecule has 0 bridgehead atoms. The zero-order chi connectivity index (χ0) is 19.7. The summed E-state index contributed by atoms with van der Waals surface area (Å²) in [5, 5.41) is 12.9. The molecule has 5 atom stereocenters. The van der Waals surface area contributed by atoms with Gasteiger partial charge in [0.2, 0.25) is 5.91 Å². The molecule has 1 aromatic rings. The number of amides is 1. The molecular formula is C16H22BN4O4PS. The van der Waals surface area contributed by atoms with E-state index < -0.39 is 26.9 Å². The minimum Gasteiger partial charge on any atom is -0.428 e. The second-order valence-corrected chi connectivity index (χ2v) is 8.54. The molecule has 2 radical (unpaired) electrons. The van der Waals surface area contributed by atoms with Crippen molar-refractivity contribution in [1.29, 1.82) is 0 Å². The van der Waals surface area contributed by atoms with Gasteiger partial charge in [0, 0.05) is 24.0 Å². The molecule has 2 aliphatic rings. The molecular weight excluding hydrogens is 386 g/mol. The van der Waals surface area contributed by atoms with E-state index in [1.807, 2.05) is 19.4 Å². The molecule has 0 aliphatic carbocycles. The number of hydrogen-bond donors (Lipinski definition) is 2. The van der Waals surface area contributed by atoms with Crippen LogP contribution in [0.1, 0.15) is 18.9 Å². The van der Waals surface area contributed by atoms with Gasteiger partial charge in [-0.15, -0.1) is 11.3 Å². The molecule has 1 fully saturated rings. The number of nitrogens with one attached hydrogen (secondary N) is 1. The van der Waals surface area contributed by atoms with Crippen molar-refractivity contribution in [2.45, 2.75) is 32.5 Å². The lowest BCUT2D eigenvalue weighted by Crippen LogP contribution is -2.63. The fraction of sp³-hybridized carbons (Fsp3) is 0.562. The lowest BCUT2D eigenvalue weighted by atomic mass is 9.77. The maximum absolute atomic E-state index is 12.6. The van der Waals surface area contributed by atoms with Gasteiger partial charge in [-0.05, 0) is 19.5 Å². The maximum Gasteiger partial charge on any atom is 0.358 e. The normalized spacial score (nSPS) is 26.0. The number of hydrogen-bond acceptors (Lipinski definition) is 8. The summed E-state index contributed by atoms with van der Waals surface area (Å²) >= 11 is 1.57. The molecule has 1 saturated heterocycles. The van der Waals surface area contributed by atoms with Crippen LogP contribution in [0.5, 0.6) is 0 Å². The third-order valence-corrected chi connectivity index (χ3v) is 6.21. The Hall–Kier alpha value is -1.32. The second kappa shape index (κ2) is 8.37. The van der Waals surface area contributed by atoms with E-state index in [2.05, 4.69) is 14.9 Å². The van der Waals surface area contributed by atoms with Gasteiger partial charge < -0.3 is 19.5 Å². The zero-order valence-corrected chi connectivity index (χ0v) is 17.2. The van der Waals surface area contributed by atoms with E-state index in [1.54, 1.807) is 24.5 Å². The van der Waals surface area contributed by atoms with Crippen molar-refractivity contribution >= 4 is 40.2 Å². The summed E-state index contributed by atoms with van der Waals surface area (Å²) in [6.45, 7) is 4.73. The highest BCUT2D eigenvalue weighted by Gasteiger charge is 2.59. The Bertz CT molecular complexity index is 745. The predicted octanol–water partition coefficient (Wildman–Crippen LogP) is 0.411. The van der Waals surface area contributed by atoms with Crippen molar-refractivity contribution in [2.75, 3.05) is 13.6 Å². The number of aromatic nitrogens is 1. The van der Waals surface area contributed by atoms with Crippen LogP contribution >= 0.6 is 20.3 Å². The predicted molar refractivity (Wildman–Crippen MR) is 104 cm³/mol. The first-order valence-corrected chi connectivity index (χ1v) is 10.4. The largest absolute Gasteiger partial charge is 0.428 e. The van der Waals surface area contributed by atoms with Crippen LogP contribution in [0.3, 0.4) is 0 Å². The van der Waals surface area contributed by atoms with Crippen molar-refractivity contribution in [3.8, 4) is 0 Å². The van der Waals surface area contributed by atoms with Crippen LogP contribution in [0.4, 0.5) is 0 Å². The molecule has 2 N–H and O–H groups in total. The highest BCUT2D eigenvalue weighted by atomic mass is 32.1. The lowest BCUT2D eigenvalue weighted by Gasteiger charge is -2.46. The van der Waals surface area contributed by atoms with Gasteiger partial charge in [-0.2, -0.15) is 0 Å². The summed E-state index contributed by atoms with van der Waals surface area (Å²) in [5.41, 5.74) is 1.12. The highest BCUT2D eigenvalue weighted by Crippen LogP contribution is 2.47. The van der Waals surface area contributed by atoms with Crippen LogP contribution in [0, 0.1) is 11.8 Å². The molecule has 1 amide bonds. The van der Waals surface area contributed by atoms with Gasteiger partial charge in [-0.3, -0.25) is 9.69 Å². The molecule has 0 spiro atoms. The van der Waals surface area contributed by atoms with Crippen LogP contribution in [-0.4, -0.2) is 65.5 Å². The summed E-state index contributed by atoms with van der Waals surface area (Å²) in [5.74, 6) is -1.37. The van der Waals surface area contributed by atoms with Gasteiger partial charge in [0.1, 0.15) is 19.7 Å². The Balaban J connectivity index is 1.85. The van der Waals surface area contributed by atoms with Crippen molar-refractivity contribution in [1.82, 2.24) is 19.8 Å². The fourth-order valence-corrected chi connectivity index (χ4v) is 4.82. The summed E-state index contributed by atoms with van der Waals surface area (Å²) in [7, 11) is 6.75. The van der Waals surface area contributed by atoms with Gasteiger partial charge in [0.25, 0.3) is 0 Å². The quantitative estimate of drug-likeness (QED) is 0.366. The first-order chi connectivity index (χ1) is 12.9. The van der Waals surface area contributed by atoms with Gasteiger partial charge in [-0.25, -0.2) is 9.78 Å².